The van der Waals surface area contributed by atoms with Crippen LogP contribution >= 0.6 is 68.0 Å². The van der Waals surface area contributed by atoms with Gasteiger partial charge in [-0.2, -0.15) is 0 Å². The largest absolute Gasteiger partial charge is 0.451 e. The van der Waals surface area contributed by atoms with Gasteiger partial charge in [-0.3, -0.25) is 14.7 Å². The molecule has 0 N–H and O–H groups in total. The summed E-state index contributed by atoms with van der Waals surface area (Å²) in [6, 6.07) is 57.4. The highest BCUT2D eigenvalue weighted by Gasteiger charge is 2.40. The molecule has 0 aliphatic carbocycles. The highest BCUT2D eigenvalue weighted by atomic mass is 32.1. The monoisotopic (exact) mass is 1990 g/mol. The summed E-state index contributed by atoms with van der Waals surface area (Å²) in [5.41, 5.74) is 39.9. The van der Waals surface area contributed by atoms with Crippen LogP contribution in [0.1, 0.15) is 239 Å². The Kier molecular flexibility index (Phi) is 26.3. The van der Waals surface area contributed by atoms with Crippen molar-refractivity contribution in [3.8, 4) is 57.5 Å². The average molecular weight is 2000 g/mol. The van der Waals surface area contributed by atoms with E-state index in [1.54, 1.807) is 68.0 Å². The molecule has 9 aromatic carbocycles. The third-order valence-corrected chi connectivity index (χ3v) is 33.1. The molecule has 142 heavy (non-hydrogen) atoms. The normalized spacial score (nSPS) is 13.2. The maximum atomic E-state index is 6.41. The molecule has 0 saturated carbocycles. The standard InChI is InChI=1S/2C29H30N2O.3C22H25NOS2/c1-17-8-10-23-21(12-17)16-26-28(30-23)31(24-11-9-18(2)13-25(24)32-26)27-19(3)14-22(15-20(27)4)29(5,6)7;1-17-8-10-21-16-26-28(30-23(21)12-17)31(24-11-9-18(2)13-25(24)32-26)27-19(3)14-22(15-20(27)4)29(5,6)7;1-12-8-16(22(5,6)7)9-13(2)19(12)23-20-14(3)25-10-17(20)24-18-11-26-15(4)21(18)23;1-12-8-16(22(5,6)7)9-13(2)19(12)23-17-10-25-14(3)20(17)24-21-15(4)26-11-18(21)23;1-12-8-16(22(5,6)7)9-13(2)19(12)23-20-17(10-14(3)25-20)24-18-11-15(4)26-21(18)23/h2*8-16H,1-7H3;3*8-11H,1-7H3. The van der Waals surface area contributed by atoms with Gasteiger partial charge in [0.1, 0.15) is 32.8 Å². The first kappa shape index (κ1) is 100. The Balaban J connectivity index is 0.000000118. The van der Waals surface area contributed by atoms with Crippen LogP contribution in [-0.4, -0.2) is 9.97 Å². The van der Waals surface area contributed by atoms with E-state index in [2.05, 4.69) is 446 Å². The molecule has 22 rings (SSSR count). The van der Waals surface area contributed by atoms with Crippen LogP contribution in [0, 0.1) is 138 Å². The number of fused-ring (bicyclic) bond motifs is 12. The van der Waals surface area contributed by atoms with Gasteiger partial charge in [0.2, 0.25) is 0 Å². The molecule has 18 heteroatoms. The second kappa shape index (κ2) is 37.3. The zero-order chi connectivity index (χ0) is 102. The van der Waals surface area contributed by atoms with Gasteiger partial charge >= 0.3 is 0 Å². The molecule has 0 radical (unpaired) electrons. The van der Waals surface area contributed by atoms with E-state index < -0.39 is 0 Å². The number of nitrogens with zero attached hydrogens (tertiary/aromatic N) is 7. The lowest BCUT2D eigenvalue weighted by Gasteiger charge is -2.35. The Labute approximate surface area is 866 Å². The summed E-state index contributed by atoms with van der Waals surface area (Å²) in [6.45, 7) is 77.6. The Hall–Kier alpha value is -12.0. The first-order valence-electron chi connectivity index (χ1n) is 49.3. The van der Waals surface area contributed by atoms with Crippen molar-refractivity contribution in [1.29, 1.82) is 0 Å². The van der Waals surface area contributed by atoms with Gasteiger partial charge in [-0.25, -0.2) is 9.97 Å². The first-order chi connectivity index (χ1) is 66.7. The van der Waals surface area contributed by atoms with Gasteiger partial charge in [0.25, 0.3) is 0 Å². The van der Waals surface area contributed by atoms with Crippen LogP contribution in [0.4, 0.5) is 84.2 Å². The van der Waals surface area contributed by atoms with Crippen LogP contribution in [0.3, 0.4) is 0 Å². The Morgan fingerprint density at radius 3 is 0.908 bits per heavy atom. The van der Waals surface area contributed by atoms with E-state index in [1.165, 1.54) is 185 Å². The molecule has 0 amide bonds. The van der Waals surface area contributed by atoms with E-state index in [1.807, 2.05) is 0 Å². The smallest absolute Gasteiger partial charge is 0.181 e. The number of pyridine rings is 2. The molecule has 732 valence electrons. The molecular formula is C124H135N7O5S6. The molecule has 5 aliphatic rings. The van der Waals surface area contributed by atoms with Gasteiger partial charge in [-0.15, -0.1) is 68.0 Å². The minimum atomic E-state index is 0.0952. The summed E-state index contributed by atoms with van der Waals surface area (Å²) >= 11 is 10.6. The zero-order valence-corrected chi connectivity index (χ0v) is 94.3. The number of aryl methyl sites for hydroxylation is 20. The molecule has 0 unspecified atom stereocenters. The second-order valence-electron chi connectivity index (χ2n) is 44.8. The first-order valence-corrected chi connectivity index (χ1v) is 54.5. The summed E-state index contributed by atoms with van der Waals surface area (Å²) in [4.78, 5) is 29.6. The van der Waals surface area contributed by atoms with Gasteiger partial charge in [0, 0.05) is 61.6 Å². The molecule has 8 aromatic heterocycles. The summed E-state index contributed by atoms with van der Waals surface area (Å²) < 4.78 is 31.5. The van der Waals surface area contributed by atoms with Crippen LogP contribution in [-0.2, 0) is 27.1 Å². The van der Waals surface area contributed by atoms with Crippen LogP contribution in [0.5, 0.6) is 57.5 Å². The van der Waals surface area contributed by atoms with Crippen molar-refractivity contribution in [2.24, 2.45) is 0 Å². The van der Waals surface area contributed by atoms with Crippen molar-refractivity contribution in [3.05, 3.63) is 314 Å². The third kappa shape index (κ3) is 19.0. The molecular weight excluding hydrogens is 1860 g/mol. The maximum absolute atomic E-state index is 6.41. The van der Waals surface area contributed by atoms with Gasteiger partial charge in [0.15, 0.2) is 69.1 Å². The lowest BCUT2D eigenvalue weighted by molar-refractivity contribution is 0.474. The van der Waals surface area contributed by atoms with Crippen molar-refractivity contribution in [2.45, 2.75) is 269 Å². The van der Waals surface area contributed by atoms with Gasteiger partial charge in [0.05, 0.1) is 50.8 Å². The van der Waals surface area contributed by atoms with E-state index >= 15 is 0 Å². The van der Waals surface area contributed by atoms with Crippen molar-refractivity contribution < 1.29 is 23.7 Å². The van der Waals surface area contributed by atoms with E-state index in [0.29, 0.717) is 0 Å². The van der Waals surface area contributed by atoms with Crippen molar-refractivity contribution >= 4 is 174 Å². The fourth-order valence-electron chi connectivity index (χ4n) is 20.1. The quantitative estimate of drug-likeness (QED) is 0.164. The fourth-order valence-corrected chi connectivity index (χ4v) is 25.0. The number of ether oxygens (including phenoxy) is 5. The Morgan fingerprint density at radius 1 is 0.225 bits per heavy atom. The van der Waals surface area contributed by atoms with Crippen LogP contribution in [0.25, 0.3) is 21.8 Å². The Morgan fingerprint density at radius 2 is 0.528 bits per heavy atom. The highest BCUT2D eigenvalue weighted by molar-refractivity contribution is 7.19. The number of rotatable bonds is 5. The number of aromatic nitrogens is 2. The highest BCUT2D eigenvalue weighted by Crippen LogP contribution is 2.64. The van der Waals surface area contributed by atoms with Crippen molar-refractivity contribution in [1.82, 2.24) is 9.97 Å². The maximum Gasteiger partial charge on any atom is 0.181 e. The number of hydrogen-bond donors (Lipinski definition) is 0. The van der Waals surface area contributed by atoms with E-state index in [-0.39, 0.29) is 27.1 Å². The molecule has 0 fully saturated rings. The number of benzene rings is 9. The second-order valence-corrected chi connectivity index (χ2v) is 51.6. The average Bonchev–Trinajstić information content (AvgIpc) is 0.842. The molecule has 12 nitrogen and oxygen atoms in total. The van der Waals surface area contributed by atoms with Crippen LogP contribution in [0.15, 0.2) is 179 Å². The van der Waals surface area contributed by atoms with Gasteiger partial charge in [-0.1, -0.05) is 200 Å². The fraction of sp³-hybridized carbons (Fsp3) is 0.323. The summed E-state index contributed by atoms with van der Waals surface area (Å²) in [5.74, 6) is 10.9. The number of anilines is 15. The van der Waals surface area contributed by atoms with Gasteiger partial charge in [-0.05, 0) is 332 Å². The molecule has 13 heterocycles. The summed E-state index contributed by atoms with van der Waals surface area (Å²) in [7, 11) is 0. The molecule has 17 aromatic rings. The minimum Gasteiger partial charge on any atom is -0.451 e. The molecule has 0 atom stereocenters. The van der Waals surface area contributed by atoms with E-state index in [4.69, 9.17) is 33.7 Å². The topological polar surface area (TPSA) is 88.1 Å². The van der Waals surface area contributed by atoms with E-state index in [0.717, 1.165) is 114 Å². The molecule has 0 bridgehead atoms. The van der Waals surface area contributed by atoms with Crippen molar-refractivity contribution in [3.63, 3.8) is 0 Å². The predicted octanol–water partition coefficient (Wildman–Crippen LogP) is 40.4. The number of thiophene rings is 6. The van der Waals surface area contributed by atoms with Crippen LogP contribution < -0.4 is 48.2 Å². The molecule has 0 saturated heterocycles. The van der Waals surface area contributed by atoms with Crippen LogP contribution in [0.2, 0.25) is 0 Å². The lowest BCUT2D eigenvalue weighted by Crippen LogP contribution is -2.20. The number of hydrogen-bond acceptors (Lipinski definition) is 18. The van der Waals surface area contributed by atoms with Crippen molar-refractivity contribution in [2.75, 3.05) is 24.5 Å². The minimum absolute atomic E-state index is 0.0952. The summed E-state index contributed by atoms with van der Waals surface area (Å²) in [5, 5.41) is 13.2. The predicted molar refractivity (Wildman–Crippen MR) is 612 cm³/mol. The Bertz CT molecular complexity index is 7570. The van der Waals surface area contributed by atoms with E-state index in [9.17, 15) is 0 Å². The van der Waals surface area contributed by atoms with Gasteiger partial charge < -0.3 is 33.5 Å². The summed E-state index contributed by atoms with van der Waals surface area (Å²) in [6.07, 6.45) is 0. The molecule has 0 spiro atoms. The SMILES string of the molecule is Cc1cc(C(C)(C)C)cc(C)c1N1c2c(csc2C)Oc2csc(C)c21.Cc1cc(C(C)(C)C)cc(C)c1N1c2csc(C)c2Oc2c1csc2C.Cc1cc2c(s1)N(c1c(C)cc(C(C)(C)C)cc1C)c1sc(C)cc1O2.Cc1ccc2c(c1)Oc1cc3cc(C)ccc3nc1N2c1c(C)cc(C(C)(C)C)cc1C.Cc1ccc2c(c1)Oc1cc3ccc(C)cc3nc1N2c1c(C)cc(C(C)(C)C)cc1C. The third-order valence-electron chi connectivity index (χ3n) is 27.5. The zero-order valence-electron chi connectivity index (χ0n) is 89.4. The molecule has 5 aliphatic heterocycles. The lowest BCUT2D eigenvalue weighted by atomic mass is 9.84.